The number of benzene rings is 2. The van der Waals surface area contributed by atoms with Crippen molar-refractivity contribution in [1.29, 1.82) is 0 Å². The van der Waals surface area contributed by atoms with Crippen molar-refractivity contribution < 1.29 is 22.7 Å². The zero-order chi connectivity index (χ0) is 15.0. The lowest BCUT2D eigenvalue weighted by molar-refractivity contribution is -0.131. The Morgan fingerprint density at radius 2 is 1.76 bits per heavy atom. The first-order chi connectivity index (χ1) is 10.0. The topological polar surface area (TPSA) is 39.4 Å². The van der Waals surface area contributed by atoms with E-state index in [1.807, 2.05) is 0 Å². The molecule has 0 bridgehead atoms. The van der Waals surface area contributed by atoms with E-state index in [1.54, 1.807) is 18.2 Å². The highest BCUT2D eigenvalue weighted by atomic mass is 19.1. The van der Waals surface area contributed by atoms with Crippen LogP contribution < -0.4 is 4.74 Å². The van der Waals surface area contributed by atoms with Gasteiger partial charge in [-0.3, -0.25) is 4.79 Å². The third kappa shape index (κ3) is 2.63. The number of rotatable bonds is 2. The number of furan rings is 1. The monoisotopic (exact) mass is 288 g/mol. The number of fused-ring (bicyclic) bond motifs is 1. The van der Waals surface area contributed by atoms with Gasteiger partial charge >= 0.3 is 5.97 Å². The quantitative estimate of drug-likeness (QED) is 0.521. The van der Waals surface area contributed by atoms with Gasteiger partial charge in [-0.25, -0.2) is 8.78 Å². The van der Waals surface area contributed by atoms with E-state index < -0.39 is 11.8 Å². The third-order valence-electron chi connectivity index (χ3n) is 2.95. The molecule has 0 unspecified atom stereocenters. The minimum Gasteiger partial charge on any atom is -0.456 e. The standard InChI is InChI=1S/C16H10F2O3/c1-9(19)20-15-6-12(18)7-16-13(15)8-14(21-16)10-2-4-11(17)5-3-10/h2-8H,1H3. The normalized spacial score (nSPS) is 10.8. The summed E-state index contributed by atoms with van der Waals surface area (Å²) in [5.74, 6) is -0.953. The molecule has 106 valence electrons. The average Bonchev–Trinajstić information content (AvgIpc) is 2.82. The summed E-state index contributed by atoms with van der Waals surface area (Å²) in [5, 5.41) is 0.478. The second-order valence-electron chi connectivity index (χ2n) is 4.53. The Kier molecular flexibility index (Phi) is 3.17. The van der Waals surface area contributed by atoms with Gasteiger partial charge in [-0.2, -0.15) is 0 Å². The van der Waals surface area contributed by atoms with Gasteiger partial charge in [0.15, 0.2) is 0 Å². The molecule has 3 nitrogen and oxygen atoms in total. The molecule has 0 saturated heterocycles. The Hall–Kier alpha value is -2.69. The summed E-state index contributed by atoms with van der Waals surface area (Å²) < 4.78 is 37.0. The number of carbonyl (C=O) groups excluding carboxylic acids is 1. The summed E-state index contributed by atoms with van der Waals surface area (Å²) in [7, 11) is 0. The average molecular weight is 288 g/mol. The zero-order valence-corrected chi connectivity index (χ0v) is 11.0. The van der Waals surface area contributed by atoms with Crippen LogP contribution in [0.2, 0.25) is 0 Å². The van der Waals surface area contributed by atoms with Crippen LogP contribution in [0, 0.1) is 11.6 Å². The summed E-state index contributed by atoms with van der Waals surface area (Å²) in [6.07, 6.45) is 0. The van der Waals surface area contributed by atoms with E-state index in [2.05, 4.69) is 0 Å². The molecular formula is C16H10F2O3. The highest BCUT2D eigenvalue weighted by Crippen LogP contribution is 2.34. The van der Waals surface area contributed by atoms with Gasteiger partial charge in [-0.1, -0.05) is 0 Å². The Labute approximate surface area is 118 Å². The molecule has 0 N–H and O–H groups in total. The van der Waals surface area contributed by atoms with Crippen LogP contribution in [0.3, 0.4) is 0 Å². The first kappa shape index (κ1) is 13.3. The van der Waals surface area contributed by atoms with Crippen molar-refractivity contribution in [2.24, 2.45) is 0 Å². The van der Waals surface area contributed by atoms with Gasteiger partial charge < -0.3 is 9.15 Å². The third-order valence-corrected chi connectivity index (χ3v) is 2.95. The van der Waals surface area contributed by atoms with Crippen LogP contribution in [0.1, 0.15) is 6.92 Å². The molecule has 0 fully saturated rings. The van der Waals surface area contributed by atoms with E-state index >= 15 is 0 Å². The molecule has 3 aromatic rings. The summed E-state index contributed by atoms with van der Waals surface area (Å²) >= 11 is 0. The van der Waals surface area contributed by atoms with Crippen molar-refractivity contribution >= 4 is 16.9 Å². The molecule has 0 spiro atoms. The summed E-state index contributed by atoms with van der Waals surface area (Å²) in [5.41, 5.74) is 0.896. The van der Waals surface area contributed by atoms with Crippen molar-refractivity contribution in [3.63, 3.8) is 0 Å². The van der Waals surface area contributed by atoms with E-state index in [9.17, 15) is 13.6 Å². The van der Waals surface area contributed by atoms with Gasteiger partial charge in [0.25, 0.3) is 0 Å². The van der Waals surface area contributed by atoms with E-state index in [-0.39, 0.29) is 17.1 Å². The van der Waals surface area contributed by atoms with Crippen molar-refractivity contribution in [2.75, 3.05) is 0 Å². The van der Waals surface area contributed by atoms with E-state index in [4.69, 9.17) is 9.15 Å². The van der Waals surface area contributed by atoms with Crippen molar-refractivity contribution in [2.45, 2.75) is 6.92 Å². The Morgan fingerprint density at radius 3 is 2.43 bits per heavy atom. The van der Waals surface area contributed by atoms with E-state index in [0.717, 1.165) is 6.07 Å². The number of esters is 1. The number of hydrogen-bond donors (Lipinski definition) is 0. The number of ether oxygens (including phenoxy) is 1. The number of hydrogen-bond acceptors (Lipinski definition) is 3. The maximum Gasteiger partial charge on any atom is 0.308 e. The molecule has 3 rings (SSSR count). The van der Waals surface area contributed by atoms with Gasteiger partial charge in [-0.05, 0) is 30.3 Å². The molecule has 1 heterocycles. The molecule has 0 saturated carbocycles. The molecule has 0 aliphatic heterocycles. The predicted octanol–water partition coefficient (Wildman–Crippen LogP) is 4.30. The van der Waals surface area contributed by atoms with Crippen molar-refractivity contribution in [1.82, 2.24) is 0 Å². The number of carbonyl (C=O) groups is 1. The highest BCUT2D eigenvalue weighted by Gasteiger charge is 2.14. The van der Waals surface area contributed by atoms with Crippen LogP contribution >= 0.6 is 0 Å². The van der Waals surface area contributed by atoms with Crippen molar-refractivity contribution in [3.8, 4) is 17.1 Å². The Bertz CT molecular complexity index is 819. The molecule has 21 heavy (non-hydrogen) atoms. The Morgan fingerprint density at radius 1 is 1.05 bits per heavy atom. The lowest BCUT2D eigenvalue weighted by atomic mass is 10.1. The second kappa shape index (κ2) is 5.01. The fourth-order valence-electron chi connectivity index (χ4n) is 2.07. The van der Waals surface area contributed by atoms with Crippen LogP contribution in [0.25, 0.3) is 22.3 Å². The van der Waals surface area contributed by atoms with Crippen molar-refractivity contribution in [3.05, 3.63) is 54.1 Å². The van der Waals surface area contributed by atoms with Gasteiger partial charge in [0.05, 0.1) is 5.39 Å². The molecule has 5 heteroatoms. The number of halogens is 2. The minimum absolute atomic E-state index is 0.0922. The predicted molar refractivity (Wildman–Crippen MR) is 72.9 cm³/mol. The largest absolute Gasteiger partial charge is 0.456 e. The van der Waals surface area contributed by atoms with Crippen LogP contribution in [-0.2, 0) is 4.79 Å². The molecule has 2 aromatic carbocycles. The van der Waals surface area contributed by atoms with E-state index in [1.165, 1.54) is 25.1 Å². The van der Waals surface area contributed by atoms with E-state index in [0.29, 0.717) is 16.7 Å². The maximum absolute atomic E-state index is 13.5. The molecule has 0 radical (unpaired) electrons. The maximum atomic E-state index is 13.5. The molecule has 0 aliphatic rings. The molecule has 0 amide bonds. The fourth-order valence-corrected chi connectivity index (χ4v) is 2.07. The van der Waals surface area contributed by atoms with Crippen LogP contribution in [0.15, 0.2) is 46.9 Å². The summed E-state index contributed by atoms with van der Waals surface area (Å²) in [6.45, 7) is 1.23. The summed E-state index contributed by atoms with van der Waals surface area (Å²) in [4.78, 5) is 11.1. The lowest BCUT2D eigenvalue weighted by Crippen LogP contribution is -2.01. The van der Waals surface area contributed by atoms with Gasteiger partial charge in [0.1, 0.15) is 28.7 Å². The summed E-state index contributed by atoms with van der Waals surface area (Å²) in [6, 6.07) is 9.65. The fraction of sp³-hybridized carbons (Fsp3) is 0.0625. The Balaban J connectivity index is 2.14. The van der Waals surface area contributed by atoms with Gasteiger partial charge in [-0.15, -0.1) is 0 Å². The first-order valence-electron chi connectivity index (χ1n) is 6.20. The molecule has 0 aliphatic carbocycles. The lowest BCUT2D eigenvalue weighted by Gasteiger charge is -2.01. The molecule has 0 atom stereocenters. The van der Waals surface area contributed by atoms with Crippen LogP contribution in [0.5, 0.6) is 5.75 Å². The molecule has 1 aromatic heterocycles. The first-order valence-corrected chi connectivity index (χ1v) is 6.20. The second-order valence-corrected chi connectivity index (χ2v) is 4.53. The highest BCUT2D eigenvalue weighted by molar-refractivity contribution is 5.90. The smallest absolute Gasteiger partial charge is 0.308 e. The minimum atomic E-state index is -0.571. The SMILES string of the molecule is CC(=O)Oc1cc(F)cc2oc(-c3ccc(F)cc3)cc12. The van der Waals surface area contributed by atoms with Crippen LogP contribution in [-0.4, -0.2) is 5.97 Å². The van der Waals surface area contributed by atoms with Crippen LogP contribution in [0.4, 0.5) is 8.78 Å². The molecular weight excluding hydrogens is 278 g/mol. The zero-order valence-electron chi connectivity index (χ0n) is 11.0. The van der Waals surface area contributed by atoms with Gasteiger partial charge in [0.2, 0.25) is 0 Å². The van der Waals surface area contributed by atoms with Gasteiger partial charge in [0, 0.05) is 24.6 Å².